The molecule has 0 atom stereocenters. The number of nitro groups is 1. The van der Waals surface area contributed by atoms with Gasteiger partial charge >= 0.3 is 5.97 Å². The van der Waals surface area contributed by atoms with Gasteiger partial charge in [0.1, 0.15) is 28.9 Å². The average molecular weight is 473 g/mol. The van der Waals surface area contributed by atoms with Crippen LogP contribution in [0.1, 0.15) is 15.9 Å². The van der Waals surface area contributed by atoms with Crippen LogP contribution in [-0.2, 0) is 4.79 Å². The van der Waals surface area contributed by atoms with E-state index < -0.39 is 16.8 Å². The average Bonchev–Trinajstić information content (AvgIpc) is 2.88. The topological polar surface area (TPSA) is 141 Å². The van der Waals surface area contributed by atoms with E-state index in [4.69, 9.17) is 14.2 Å². The summed E-state index contributed by atoms with van der Waals surface area (Å²) in [6.45, 7) is 0. The molecule has 0 fully saturated rings. The van der Waals surface area contributed by atoms with Crippen LogP contribution in [0.4, 0.5) is 11.4 Å². The van der Waals surface area contributed by atoms with Crippen LogP contribution >= 0.6 is 0 Å². The van der Waals surface area contributed by atoms with Gasteiger partial charge in [-0.2, -0.15) is 5.26 Å². The summed E-state index contributed by atoms with van der Waals surface area (Å²) in [4.78, 5) is 35.2. The van der Waals surface area contributed by atoms with E-state index >= 15 is 0 Å². The fourth-order valence-electron chi connectivity index (χ4n) is 2.93. The van der Waals surface area contributed by atoms with Crippen LogP contribution < -0.4 is 19.5 Å². The van der Waals surface area contributed by atoms with E-state index in [1.807, 2.05) is 6.07 Å². The van der Waals surface area contributed by atoms with E-state index in [0.717, 1.165) is 6.07 Å². The second kappa shape index (κ2) is 11.1. The maximum atomic E-state index is 12.6. The highest BCUT2D eigenvalue weighted by Gasteiger charge is 2.16. The molecule has 1 N–H and O–H groups in total. The number of nitrogens with one attached hydrogen (secondary N) is 1. The van der Waals surface area contributed by atoms with Crippen molar-refractivity contribution in [2.45, 2.75) is 0 Å². The Morgan fingerprint density at radius 1 is 0.971 bits per heavy atom. The molecule has 0 radical (unpaired) electrons. The molecule has 0 unspecified atom stereocenters. The standard InChI is InChI=1S/C25H19N3O7/c1-33-20-10-5-17(6-11-20)25(30)35-21-8-3-16(4-9-21)13-18(15-26)24(29)27-22-12-7-19(28(31)32)14-23(22)34-2/h3-14H,1-2H3,(H,27,29). The molecule has 0 aliphatic rings. The number of ether oxygens (including phenoxy) is 3. The molecular formula is C25H19N3O7. The first-order valence-electron chi connectivity index (χ1n) is 10.1. The van der Waals surface area contributed by atoms with E-state index in [9.17, 15) is 25.0 Å². The van der Waals surface area contributed by atoms with Crippen molar-refractivity contribution in [3.05, 3.63) is 93.5 Å². The zero-order chi connectivity index (χ0) is 25.4. The van der Waals surface area contributed by atoms with E-state index in [0.29, 0.717) is 16.9 Å². The van der Waals surface area contributed by atoms with Gasteiger partial charge in [0, 0.05) is 6.07 Å². The number of nitriles is 1. The van der Waals surface area contributed by atoms with Crippen LogP contribution in [0.3, 0.4) is 0 Å². The molecule has 0 bridgehead atoms. The number of carbonyl (C=O) groups excluding carboxylic acids is 2. The van der Waals surface area contributed by atoms with Gasteiger partial charge in [-0.05, 0) is 54.1 Å². The second-order valence-electron chi connectivity index (χ2n) is 6.95. The summed E-state index contributed by atoms with van der Waals surface area (Å²) in [5.74, 6) is -0.309. The Morgan fingerprint density at radius 2 is 1.63 bits per heavy atom. The smallest absolute Gasteiger partial charge is 0.343 e. The van der Waals surface area contributed by atoms with Gasteiger partial charge in [0.05, 0.1) is 36.5 Å². The molecule has 176 valence electrons. The lowest BCUT2D eigenvalue weighted by Crippen LogP contribution is -2.14. The Kier molecular flexibility index (Phi) is 7.77. The van der Waals surface area contributed by atoms with Crippen molar-refractivity contribution < 1.29 is 28.7 Å². The number of nitrogens with zero attached hydrogens (tertiary/aromatic N) is 2. The number of nitro benzene ring substituents is 1. The molecule has 0 saturated carbocycles. The molecule has 0 aromatic heterocycles. The lowest BCUT2D eigenvalue weighted by Gasteiger charge is -2.09. The number of amides is 1. The number of esters is 1. The van der Waals surface area contributed by atoms with Crippen LogP contribution in [-0.4, -0.2) is 31.0 Å². The lowest BCUT2D eigenvalue weighted by atomic mass is 10.1. The van der Waals surface area contributed by atoms with Gasteiger partial charge in [-0.15, -0.1) is 0 Å². The molecule has 35 heavy (non-hydrogen) atoms. The normalized spacial score (nSPS) is 10.6. The second-order valence-corrected chi connectivity index (χ2v) is 6.95. The Hall–Kier alpha value is -5.17. The first-order chi connectivity index (χ1) is 16.8. The van der Waals surface area contributed by atoms with Crippen molar-refractivity contribution in [2.75, 3.05) is 19.5 Å². The number of hydrogen-bond acceptors (Lipinski definition) is 8. The van der Waals surface area contributed by atoms with Crippen LogP contribution in [0.5, 0.6) is 17.2 Å². The predicted octanol–water partition coefficient (Wildman–Crippen LogP) is 4.38. The fourth-order valence-corrected chi connectivity index (χ4v) is 2.93. The Bertz CT molecular complexity index is 1320. The van der Waals surface area contributed by atoms with Crippen molar-refractivity contribution in [1.29, 1.82) is 5.26 Å². The van der Waals surface area contributed by atoms with Gasteiger partial charge in [-0.25, -0.2) is 4.79 Å². The molecule has 3 rings (SSSR count). The highest BCUT2D eigenvalue weighted by Crippen LogP contribution is 2.29. The zero-order valence-electron chi connectivity index (χ0n) is 18.7. The van der Waals surface area contributed by atoms with Crippen molar-refractivity contribution in [3.8, 4) is 23.3 Å². The van der Waals surface area contributed by atoms with Crippen LogP contribution in [0.2, 0.25) is 0 Å². The molecule has 3 aromatic rings. The maximum Gasteiger partial charge on any atom is 0.343 e. The molecular weight excluding hydrogens is 454 g/mol. The zero-order valence-corrected chi connectivity index (χ0v) is 18.7. The summed E-state index contributed by atoms with van der Waals surface area (Å²) in [7, 11) is 2.83. The van der Waals surface area contributed by atoms with Crippen molar-refractivity contribution in [3.63, 3.8) is 0 Å². The lowest BCUT2D eigenvalue weighted by molar-refractivity contribution is -0.384. The monoisotopic (exact) mass is 473 g/mol. The minimum absolute atomic E-state index is 0.0767. The highest BCUT2D eigenvalue weighted by atomic mass is 16.6. The van der Waals surface area contributed by atoms with Crippen molar-refractivity contribution >= 4 is 29.3 Å². The summed E-state index contributed by atoms with van der Waals surface area (Å²) >= 11 is 0. The largest absolute Gasteiger partial charge is 0.497 e. The summed E-state index contributed by atoms with van der Waals surface area (Å²) in [5.41, 5.74) is 0.610. The van der Waals surface area contributed by atoms with Crippen LogP contribution in [0.25, 0.3) is 6.08 Å². The first kappa shape index (κ1) is 24.5. The van der Waals surface area contributed by atoms with E-state index in [2.05, 4.69) is 5.32 Å². The highest BCUT2D eigenvalue weighted by molar-refractivity contribution is 6.10. The van der Waals surface area contributed by atoms with Gasteiger partial charge < -0.3 is 19.5 Å². The van der Waals surface area contributed by atoms with E-state index in [1.54, 1.807) is 36.4 Å². The van der Waals surface area contributed by atoms with Crippen LogP contribution in [0, 0.1) is 21.4 Å². The summed E-state index contributed by atoms with van der Waals surface area (Å²) in [6.07, 6.45) is 1.35. The number of benzene rings is 3. The van der Waals surface area contributed by atoms with Gasteiger partial charge in [-0.1, -0.05) is 12.1 Å². The predicted molar refractivity (Wildman–Crippen MR) is 126 cm³/mol. The fraction of sp³-hybridized carbons (Fsp3) is 0.0800. The Labute approximate surface area is 200 Å². The number of methoxy groups -OCH3 is 2. The van der Waals surface area contributed by atoms with Gasteiger partial charge in [0.2, 0.25) is 0 Å². The van der Waals surface area contributed by atoms with E-state index in [-0.39, 0.29) is 28.4 Å². The molecule has 0 aliphatic heterocycles. The molecule has 0 spiro atoms. The number of non-ortho nitro benzene ring substituents is 1. The molecule has 10 heteroatoms. The van der Waals surface area contributed by atoms with Crippen LogP contribution in [0.15, 0.2) is 72.3 Å². The minimum atomic E-state index is -0.727. The van der Waals surface area contributed by atoms with Gasteiger partial charge in [-0.3, -0.25) is 14.9 Å². The minimum Gasteiger partial charge on any atom is -0.497 e. The number of hydrogen-bond donors (Lipinski definition) is 1. The first-order valence-corrected chi connectivity index (χ1v) is 10.1. The molecule has 0 saturated heterocycles. The van der Waals surface area contributed by atoms with Crippen molar-refractivity contribution in [1.82, 2.24) is 0 Å². The number of carbonyl (C=O) groups is 2. The quantitative estimate of drug-likeness (QED) is 0.127. The molecule has 10 nitrogen and oxygen atoms in total. The molecule has 0 aliphatic carbocycles. The third-order valence-corrected chi connectivity index (χ3v) is 4.74. The number of rotatable bonds is 8. The summed E-state index contributed by atoms with van der Waals surface area (Å²) < 4.78 is 15.5. The third kappa shape index (κ3) is 6.21. The van der Waals surface area contributed by atoms with Gasteiger partial charge in [0.25, 0.3) is 11.6 Å². The molecule has 0 heterocycles. The Morgan fingerprint density at radius 3 is 2.20 bits per heavy atom. The third-order valence-electron chi connectivity index (χ3n) is 4.74. The maximum absolute atomic E-state index is 12.6. The SMILES string of the molecule is COc1ccc(C(=O)Oc2ccc(C=C(C#N)C(=O)Nc3ccc([N+](=O)[O-])cc3OC)cc2)cc1. The van der Waals surface area contributed by atoms with Crippen molar-refractivity contribution in [2.24, 2.45) is 0 Å². The summed E-state index contributed by atoms with van der Waals surface area (Å²) in [5, 5.41) is 22.9. The van der Waals surface area contributed by atoms with E-state index in [1.165, 1.54) is 44.6 Å². The summed E-state index contributed by atoms with van der Waals surface area (Å²) in [6, 6.07) is 18.2. The number of anilines is 1. The van der Waals surface area contributed by atoms with Gasteiger partial charge in [0.15, 0.2) is 0 Å². The molecule has 1 amide bonds. The molecule has 3 aromatic carbocycles. The Balaban J connectivity index is 1.70.